The topological polar surface area (TPSA) is 46.6 Å². The predicted molar refractivity (Wildman–Crippen MR) is 138 cm³/mol. The van der Waals surface area contributed by atoms with E-state index in [9.17, 15) is 9.36 Å². The summed E-state index contributed by atoms with van der Waals surface area (Å²) in [6.07, 6.45) is 0.416. The average Bonchev–Trinajstić information content (AvgIpc) is 3.33. The summed E-state index contributed by atoms with van der Waals surface area (Å²) in [5.41, 5.74) is 1.46. The van der Waals surface area contributed by atoms with Gasteiger partial charge in [-0.2, -0.15) is 0 Å². The quantitative estimate of drug-likeness (QED) is 0.267. The molecule has 0 N–H and O–H groups in total. The zero-order chi connectivity index (χ0) is 23.4. The van der Waals surface area contributed by atoms with Crippen molar-refractivity contribution >= 4 is 29.2 Å². The minimum Gasteiger partial charge on any atom is -0.314 e. The van der Waals surface area contributed by atoms with E-state index in [1.807, 2.05) is 121 Å². The van der Waals surface area contributed by atoms with Crippen molar-refractivity contribution in [2.75, 3.05) is 11.2 Å². The largest absolute Gasteiger partial charge is 0.314 e. The number of anilines is 1. The van der Waals surface area contributed by atoms with Crippen LogP contribution >= 0.6 is 7.14 Å². The van der Waals surface area contributed by atoms with E-state index in [4.69, 9.17) is 4.84 Å². The first-order chi connectivity index (χ1) is 16.6. The van der Waals surface area contributed by atoms with Gasteiger partial charge in [-0.1, -0.05) is 109 Å². The Kier molecular flexibility index (Phi) is 6.44. The van der Waals surface area contributed by atoms with Crippen molar-refractivity contribution in [3.05, 3.63) is 127 Å². The SMILES string of the molecule is O=C(c1ccccc1)[C@H]1C[C@@H](CP(=O)(c2ccccc2)c2ccccc2)ON1c1ccccc1. The monoisotopic (exact) mass is 467 g/mol. The summed E-state index contributed by atoms with van der Waals surface area (Å²) in [6, 6.07) is 37.7. The highest BCUT2D eigenvalue weighted by molar-refractivity contribution is 7.78. The lowest BCUT2D eigenvalue weighted by Gasteiger charge is -2.25. The van der Waals surface area contributed by atoms with Crippen molar-refractivity contribution in [1.82, 2.24) is 0 Å². The maximum Gasteiger partial charge on any atom is 0.187 e. The van der Waals surface area contributed by atoms with Crippen LogP contribution in [-0.2, 0) is 9.40 Å². The van der Waals surface area contributed by atoms with Crippen LogP contribution in [0.25, 0.3) is 0 Å². The van der Waals surface area contributed by atoms with Gasteiger partial charge < -0.3 is 4.57 Å². The first kappa shape index (κ1) is 22.3. The van der Waals surface area contributed by atoms with Crippen molar-refractivity contribution in [3.63, 3.8) is 0 Å². The molecule has 1 fully saturated rings. The van der Waals surface area contributed by atoms with E-state index in [-0.39, 0.29) is 11.9 Å². The van der Waals surface area contributed by atoms with Gasteiger partial charge in [-0.25, -0.2) is 5.06 Å². The Balaban J connectivity index is 1.49. The van der Waals surface area contributed by atoms with Gasteiger partial charge in [-0.05, 0) is 12.1 Å². The summed E-state index contributed by atoms with van der Waals surface area (Å²) < 4.78 is 14.6. The molecule has 1 saturated heterocycles. The van der Waals surface area contributed by atoms with Gasteiger partial charge in [0.05, 0.1) is 11.8 Å². The molecule has 4 aromatic rings. The van der Waals surface area contributed by atoms with Gasteiger partial charge in [0.1, 0.15) is 13.2 Å². The van der Waals surface area contributed by atoms with Crippen molar-refractivity contribution in [2.24, 2.45) is 0 Å². The van der Waals surface area contributed by atoms with Crippen molar-refractivity contribution < 1.29 is 14.2 Å². The fraction of sp³-hybridized carbons (Fsp3) is 0.138. The molecule has 0 aliphatic carbocycles. The van der Waals surface area contributed by atoms with E-state index < -0.39 is 13.2 Å². The van der Waals surface area contributed by atoms with Gasteiger partial charge in [0.2, 0.25) is 0 Å². The molecular formula is C29H26NO3P. The van der Waals surface area contributed by atoms with Crippen molar-refractivity contribution in [1.29, 1.82) is 0 Å². The van der Waals surface area contributed by atoms with E-state index in [0.717, 1.165) is 16.3 Å². The smallest absolute Gasteiger partial charge is 0.187 e. The Morgan fingerprint density at radius 2 is 1.21 bits per heavy atom. The van der Waals surface area contributed by atoms with Crippen LogP contribution in [0.1, 0.15) is 16.8 Å². The molecular weight excluding hydrogens is 441 g/mol. The number of hydrogen-bond donors (Lipinski definition) is 0. The van der Waals surface area contributed by atoms with E-state index in [0.29, 0.717) is 18.1 Å². The van der Waals surface area contributed by atoms with Crippen LogP contribution in [-0.4, -0.2) is 24.1 Å². The molecule has 5 rings (SSSR count). The van der Waals surface area contributed by atoms with Crippen LogP contribution in [0.5, 0.6) is 0 Å². The number of ketones is 1. The summed E-state index contributed by atoms with van der Waals surface area (Å²) in [4.78, 5) is 19.9. The van der Waals surface area contributed by atoms with Crippen molar-refractivity contribution in [3.8, 4) is 0 Å². The Bertz CT molecular complexity index is 1240. The molecule has 4 nitrogen and oxygen atoms in total. The molecule has 1 aliphatic heterocycles. The molecule has 0 bridgehead atoms. The zero-order valence-corrected chi connectivity index (χ0v) is 19.6. The maximum atomic E-state index is 14.6. The van der Waals surface area contributed by atoms with E-state index in [1.54, 1.807) is 5.06 Å². The van der Waals surface area contributed by atoms with Gasteiger partial charge in [0, 0.05) is 28.8 Å². The number of Topliss-reactive ketones (excluding diaryl/α,β-unsaturated/α-hetero) is 1. The van der Waals surface area contributed by atoms with E-state index in [1.165, 1.54) is 0 Å². The lowest BCUT2D eigenvalue weighted by molar-refractivity contribution is 0.0845. The highest BCUT2D eigenvalue weighted by Gasteiger charge is 2.42. The summed E-state index contributed by atoms with van der Waals surface area (Å²) in [5, 5.41) is 3.31. The fourth-order valence-electron chi connectivity index (χ4n) is 4.54. The number of nitrogens with zero attached hydrogens (tertiary/aromatic N) is 1. The number of hydrogen-bond acceptors (Lipinski definition) is 4. The Labute approximate surface area is 200 Å². The Morgan fingerprint density at radius 1 is 0.735 bits per heavy atom. The molecule has 0 aromatic heterocycles. The molecule has 1 aliphatic rings. The number of rotatable bonds is 7. The molecule has 2 atom stereocenters. The standard InChI is InChI=1S/C29H26NO3P/c31-29(23-13-5-1-6-14-23)28-21-25(33-30(28)24-15-7-2-8-16-24)22-34(32,26-17-9-3-10-18-26)27-19-11-4-12-20-27/h1-20,25,28H,21-22H2/t25-,28+/m0/s1. The van der Waals surface area contributed by atoms with Gasteiger partial charge in [0.25, 0.3) is 0 Å². The second-order valence-corrected chi connectivity index (χ2v) is 11.3. The predicted octanol–water partition coefficient (Wildman–Crippen LogP) is 5.46. The highest BCUT2D eigenvalue weighted by Crippen LogP contribution is 2.46. The lowest BCUT2D eigenvalue weighted by atomic mass is 10.00. The maximum absolute atomic E-state index is 14.6. The second-order valence-electron chi connectivity index (χ2n) is 8.46. The molecule has 5 heteroatoms. The molecule has 0 saturated carbocycles. The van der Waals surface area contributed by atoms with Gasteiger partial charge in [-0.15, -0.1) is 0 Å². The van der Waals surface area contributed by atoms with Crippen LogP contribution in [0.15, 0.2) is 121 Å². The molecule has 0 unspecified atom stereocenters. The first-order valence-electron chi connectivity index (χ1n) is 11.5. The lowest BCUT2D eigenvalue weighted by Crippen LogP contribution is -2.35. The summed E-state index contributed by atoms with van der Waals surface area (Å²) in [6.45, 7) is 0. The third kappa shape index (κ3) is 4.48. The normalized spacial score (nSPS) is 18.1. The van der Waals surface area contributed by atoms with Crippen molar-refractivity contribution in [2.45, 2.75) is 18.6 Å². The van der Waals surface area contributed by atoms with Gasteiger partial charge >= 0.3 is 0 Å². The van der Waals surface area contributed by atoms with E-state index >= 15 is 0 Å². The first-order valence-corrected chi connectivity index (χ1v) is 13.3. The van der Waals surface area contributed by atoms with Gasteiger partial charge in [0.15, 0.2) is 5.78 Å². The molecule has 0 amide bonds. The second kappa shape index (κ2) is 9.80. The average molecular weight is 468 g/mol. The number of carbonyl (C=O) groups is 1. The van der Waals surface area contributed by atoms with Crippen LogP contribution in [0.2, 0.25) is 0 Å². The molecule has 0 spiro atoms. The number of benzene rings is 4. The summed E-state index contributed by atoms with van der Waals surface area (Å²) >= 11 is 0. The van der Waals surface area contributed by atoms with Crippen LogP contribution < -0.4 is 15.7 Å². The molecule has 4 aromatic carbocycles. The molecule has 170 valence electrons. The van der Waals surface area contributed by atoms with E-state index in [2.05, 4.69) is 0 Å². The Morgan fingerprint density at radius 3 is 1.74 bits per heavy atom. The molecule has 0 radical (unpaired) electrons. The molecule has 34 heavy (non-hydrogen) atoms. The number of carbonyl (C=O) groups excluding carboxylic acids is 1. The minimum absolute atomic E-state index is 0.00112. The van der Waals surface area contributed by atoms with Crippen LogP contribution in [0.3, 0.4) is 0 Å². The highest BCUT2D eigenvalue weighted by atomic mass is 31.2. The fourth-order valence-corrected chi connectivity index (χ4v) is 7.35. The van der Waals surface area contributed by atoms with Crippen LogP contribution in [0, 0.1) is 0 Å². The number of hydroxylamine groups is 1. The summed E-state index contributed by atoms with van der Waals surface area (Å²) in [5.74, 6) is 0.00112. The zero-order valence-electron chi connectivity index (χ0n) is 18.7. The van der Waals surface area contributed by atoms with Gasteiger partial charge in [-0.3, -0.25) is 9.63 Å². The molecule has 1 heterocycles. The minimum atomic E-state index is -2.98. The number of para-hydroxylation sites is 1. The third-order valence-corrected chi connectivity index (χ3v) is 9.40. The van der Waals surface area contributed by atoms with Crippen LogP contribution in [0.4, 0.5) is 5.69 Å². The third-order valence-electron chi connectivity index (χ3n) is 6.21. The Hall–Kier alpha value is -3.46. The summed E-state index contributed by atoms with van der Waals surface area (Å²) in [7, 11) is -2.98.